The molecule has 0 unspecified atom stereocenters. The number of carbonyl (C=O) groups excluding carboxylic acids is 2. The molecule has 2 aromatic rings. The molecule has 0 aromatic heterocycles. The molecule has 29 heavy (non-hydrogen) atoms. The van der Waals surface area contributed by atoms with Gasteiger partial charge in [-0.15, -0.1) is 0 Å². The van der Waals surface area contributed by atoms with Crippen LogP contribution in [0.15, 0.2) is 40.9 Å². The predicted octanol–water partition coefficient (Wildman–Crippen LogP) is 5.72. The Morgan fingerprint density at radius 2 is 1.72 bits per heavy atom. The number of benzene rings is 2. The maximum Gasteiger partial charge on any atom is 0.253 e. The van der Waals surface area contributed by atoms with E-state index in [0.717, 1.165) is 34.1 Å². The molecule has 1 aliphatic heterocycles. The minimum absolute atomic E-state index is 0.0207. The second-order valence-electron chi connectivity index (χ2n) is 7.33. The minimum atomic E-state index is -0.0997. The fourth-order valence-electron chi connectivity index (χ4n) is 3.81. The molecule has 0 atom stereocenters. The number of nitrogens with one attached hydrogen (secondary N) is 1. The summed E-state index contributed by atoms with van der Waals surface area (Å²) in [5.41, 5.74) is 3.63. The van der Waals surface area contributed by atoms with E-state index in [1.54, 1.807) is 0 Å². The van der Waals surface area contributed by atoms with Crippen LogP contribution in [-0.4, -0.2) is 29.8 Å². The molecule has 1 fully saturated rings. The van der Waals surface area contributed by atoms with Crippen LogP contribution >= 0.6 is 27.5 Å². The number of aryl methyl sites for hydroxylation is 1. The lowest BCUT2D eigenvalue weighted by molar-refractivity contribution is -0.121. The molecule has 154 valence electrons. The van der Waals surface area contributed by atoms with Gasteiger partial charge in [0.25, 0.3) is 5.91 Å². The number of amides is 2. The zero-order valence-corrected chi connectivity index (χ0v) is 19.1. The Labute approximate surface area is 185 Å². The van der Waals surface area contributed by atoms with E-state index in [2.05, 4.69) is 28.2 Å². The molecular weight excluding hydrogens is 452 g/mol. The fraction of sp³-hybridized carbons (Fsp3) is 0.391. The van der Waals surface area contributed by atoms with Gasteiger partial charge in [0.2, 0.25) is 5.91 Å². The summed E-state index contributed by atoms with van der Waals surface area (Å²) in [5.74, 6) is -0.0579. The third-order valence-electron chi connectivity index (χ3n) is 5.57. The molecule has 1 aliphatic rings. The second-order valence-corrected chi connectivity index (χ2v) is 8.65. The van der Waals surface area contributed by atoms with Gasteiger partial charge in [-0.05, 0) is 67.1 Å². The molecule has 3 rings (SSSR count). The topological polar surface area (TPSA) is 49.4 Å². The molecule has 1 saturated heterocycles. The average Bonchev–Trinajstić information content (AvgIpc) is 2.74. The molecular formula is C23H26BrClN2O2. The predicted molar refractivity (Wildman–Crippen MR) is 122 cm³/mol. The van der Waals surface area contributed by atoms with E-state index in [1.807, 2.05) is 48.2 Å². The van der Waals surface area contributed by atoms with Crippen molar-refractivity contribution >= 4 is 45.0 Å². The van der Waals surface area contributed by atoms with Crippen molar-refractivity contribution in [2.45, 2.75) is 39.5 Å². The number of hydrogen-bond donors (Lipinski definition) is 1. The highest BCUT2D eigenvalue weighted by Gasteiger charge is 2.28. The molecule has 2 amide bonds. The Kier molecular flexibility index (Phi) is 7.36. The van der Waals surface area contributed by atoms with Crippen LogP contribution in [0.3, 0.4) is 0 Å². The van der Waals surface area contributed by atoms with Gasteiger partial charge in [0.05, 0.1) is 0 Å². The monoisotopic (exact) mass is 476 g/mol. The van der Waals surface area contributed by atoms with Gasteiger partial charge >= 0.3 is 0 Å². The summed E-state index contributed by atoms with van der Waals surface area (Å²) in [7, 11) is 0. The first-order valence-electron chi connectivity index (χ1n) is 10.1. The molecule has 2 aromatic carbocycles. The number of carbonyl (C=O) groups is 2. The molecule has 0 radical (unpaired) electrons. The number of halogens is 2. The van der Waals surface area contributed by atoms with E-state index in [0.29, 0.717) is 36.5 Å². The molecule has 0 saturated carbocycles. The number of anilines is 1. The largest absolute Gasteiger partial charge is 0.339 e. The maximum absolute atomic E-state index is 12.9. The first-order chi connectivity index (χ1) is 13.9. The number of rotatable bonds is 5. The van der Waals surface area contributed by atoms with Crippen LogP contribution in [0.4, 0.5) is 5.69 Å². The van der Waals surface area contributed by atoms with Crippen LogP contribution in [0.2, 0.25) is 5.02 Å². The lowest BCUT2D eigenvalue weighted by Crippen LogP contribution is -2.41. The smallest absolute Gasteiger partial charge is 0.253 e. The lowest BCUT2D eigenvalue weighted by Gasteiger charge is -2.31. The van der Waals surface area contributed by atoms with Crippen molar-refractivity contribution in [1.82, 2.24) is 4.90 Å². The first kappa shape index (κ1) is 21.8. The minimum Gasteiger partial charge on any atom is -0.339 e. The Hall–Kier alpha value is -1.85. The van der Waals surface area contributed by atoms with Crippen LogP contribution in [0.5, 0.6) is 0 Å². The highest BCUT2D eigenvalue weighted by molar-refractivity contribution is 9.10. The summed E-state index contributed by atoms with van der Waals surface area (Å²) in [6.07, 6.45) is 2.93. The molecule has 0 spiro atoms. The molecule has 6 heteroatoms. The average molecular weight is 478 g/mol. The standard InChI is InChI=1S/C23H26BrClN2O2/c1-3-15-7-10-20(25)19(4-2)21(15)26-22(28)16-11-13-27(14-12-16)23(29)17-5-8-18(24)9-6-17/h5-10,16H,3-4,11-14H2,1-2H3,(H,26,28). The van der Waals surface area contributed by atoms with E-state index in [4.69, 9.17) is 11.6 Å². The van der Waals surface area contributed by atoms with Crippen LogP contribution in [-0.2, 0) is 17.6 Å². The Balaban J connectivity index is 1.64. The molecule has 1 N–H and O–H groups in total. The van der Waals surface area contributed by atoms with Crippen LogP contribution in [0.1, 0.15) is 48.2 Å². The van der Waals surface area contributed by atoms with Crippen LogP contribution < -0.4 is 5.32 Å². The highest BCUT2D eigenvalue weighted by atomic mass is 79.9. The van der Waals surface area contributed by atoms with E-state index in [-0.39, 0.29) is 17.7 Å². The Bertz CT molecular complexity index is 890. The summed E-state index contributed by atoms with van der Waals surface area (Å²) in [6, 6.07) is 11.3. The van der Waals surface area contributed by atoms with Crippen molar-refractivity contribution in [2.24, 2.45) is 5.92 Å². The van der Waals surface area contributed by atoms with Crippen molar-refractivity contribution in [1.29, 1.82) is 0 Å². The van der Waals surface area contributed by atoms with E-state index in [1.165, 1.54) is 0 Å². The van der Waals surface area contributed by atoms with Crippen molar-refractivity contribution in [3.8, 4) is 0 Å². The summed E-state index contributed by atoms with van der Waals surface area (Å²) in [6.45, 7) is 5.29. The molecule has 0 bridgehead atoms. The summed E-state index contributed by atoms with van der Waals surface area (Å²) >= 11 is 9.74. The van der Waals surface area contributed by atoms with E-state index in [9.17, 15) is 9.59 Å². The summed E-state index contributed by atoms with van der Waals surface area (Å²) in [5, 5.41) is 3.83. The van der Waals surface area contributed by atoms with Crippen LogP contribution in [0, 0.1) is 5.92 Å². The van der Waals surface area contributed by atoms with Crippen molar-refractivity contribution < 1.29 is 9.59 Å². The highest BCUT2D eigenvalue weighted by Crippen LogP contribution is 2.31. The lowest BCUT2D eigenvalue weighted by atomic mass is 9.94. The number of likely N-dealkylation sites (tertiary alicyclic amines) is 1. The van der Waals surface area contributed by atoms with Gasteiger partial charge in [0.15, 0.2) is 0 Å². The van der Waals surface area contributed by atoms with Gasteiger partial charge in [-0.2, -0.15) is 0 Å². The van der Waals surface area contributed by atoms with E-state index < -0.39 is 0 Å². The van der Waals surface area contributed by atoms with Gasteiger partial charge in [-0.3, -0.25) is 9.59 Å². The van der Waals surface area contributed by atoms with Gasteiger partial charge in [-0.25, -0.2) is 0 Å². The fourth-order valence-corrected chi connectivity index (χ4v) is 4.37. The third-order valence-corrected chi connectivity index (χ3v) is 6.45. The van der Waals surface area contributed by atoms with Crippen molar-refractivity contribution in [3.05, 3.63) is 62.6 Å². The van der Waals surface area contributed by atoms with Gasteiger partial charge in [0.1, 0.15) is 0 Å². The zero-order chi connectivity index (χ0) is 21.0. The van der Waals surface area contributed by atoms with Gasteiger partial charge < -0.3 is 10.2 Å². The number of piperidine rings is 1. The summed E-state index contributed by atoms with van der Waals surface area (Å²) in [4.78, 5) is 27.4. The number of hydrogen-bond acceptors (Lipinski definition) is 2. The Morgan fingerprint density at radius 3 is 2.31 bits per heavy atom. The quantitative estimate of drug-likeness (QED) is 0.599. The van der Waals surface area contributed by atoms with Gasteiger partial charge in [0, 0.05) is 39.8 Å². The normalized spacial score (nSPS) is 14.7. The maximum atomic E-state index is 12.9. The summed E-state index contributed by atoms with van der Waals surface area (Å²) < 4.78 is 0.948. The molecule has 4 nitrogen and oxygen atoms in total. The van der Waals surface area contributed by atoms with Gasteiger partial charge in [-0.1, -0.05) is 47.4 Å². The first-order valence-corrected chi connectivity index (χ1v) is 11.3. The number of nitrogens with zero attached hydrogens (tertiary/aromatic N) is 1. The Morgan fingerprint density at radius 1 is 1.07 bits per heavy atom. The molecule has 0 aliphatic carbocycles. The zero-order valence-electron chi connectivity index (χ0n) is 16.8. The van der Waals surface area contributed by atoms with Crippen molar-refractivity contribution in [2.75, 3.05) is 18.4 Å². The third kappa shape index (κ3) is 5.01. The second kappa shape index (κ2) is 9.77. The van der Waals surface area contributed by atoms with Crippen LogP contribution in [0.25, 0.3) is 0 Å². The molecule has 1 heterocycles. The SMILES string of the molecule is CCc1ccc(Cl)c(CC)c1NC(=O)C1CCN(C(=O)c2ccc(Br)cc2)CC1. The van der Waals surface area contributed by atoms with E-state index >= 15 is 0 Å². The van der Waals surface area contributed by atoms with Crippen molar-refractivity contribution in [3.63, 3.8) is 0 Å².